The number of carbonyl (C=O) groups is 2. The van der Waals surface area contributed by atoms with Gasteiger partial charge in [-0.3, -0.25) is 9.59 Å². The molecule has 0 spiro atoms. The molecule has 0 atom stereocenters. The average Bonchev–Trinajstić information content (AvgIpc) is 2.57. The van der Waals surface area contributed by atoms with E-state index in [-0.39, 0.29) is 29.9 Å². The van der Waals surface area contributed by atoms with E-state index in [0.29, 0.717) is 0 Å². The Labute approximate surface area is 153 Å². The molecule has 2 aliphatic carbocycles. The Bertz CT molecular complexity index is 314. The van der Waals surface area contributed by atoms with E-state index in [1.54, 1.807) is 0 Å². The summed E-state index contributed by atoms with van der Waals surface area (Å²) in [6.45, 7) is 0. The van der Waals surface area contributed by atoms with Gasteiger partial charge in [-0.15, -0.1) is 23.2 Å². The first-order valence-electron chi connectivity index (χ1n) is 8.17. The highest BCUT2D eigenvalue weighted by Crippen LogP contribution is 2.20. The van der Waals surface area contributed by atoms with Crippen molar-refractivity contribution in [3.63, 3.8) is 0 Å². The lowest BCUT2D eigenvalue weighted by molar-refractivity contribution is -0.147. The molecule has 0 aromatic heterocycles. The molecule has 4 nitrogen and oxygen atoms in total. The topological polar surface area (TPSA) is 63.6 Å². The second-order valence-electron chi connectivity index (χ2n) is 5.66. The maximum absolute atomic E-state index is 10.7. The number of esters is 1. The number of aliphatic hydroxyl groups excluding tert-OH is 1. The van der Waals surface area contributed by atoms with Crippen LogP contribution in [0.15, 0.2) is 0 Å². The lowest BCUT2D eigenvalue weighted by Gasteiger charge is -2.21. The zero-order valence-corrected chi connectivity index (χ0v) is 15.7. The SMILES string of the molecule is O=C(CCl)OC1CCCCC1.O=C(Cl)CCl.OC1CCCCC1. The molecule has 23 heavy (non-hydrogen) atoms. The van der Waals surface area contributed by atoms with Crippen LogP contribution in [0.4, 0.5) is 0 Å². The summed E-state index contributed by atoms with van der Waals surface area (Å²) >= 11 is 14.8. The van der Waals surface area contributed by atoms with Crippen LogP contribution in [0.1, 0.15) is 64.2 Å². The summed E-state index contributed by atoms with van der Waals surface area (Å²) < 4.78 is 5.07. The van der Waals surface area contributed by atoms with Gasteiger partial charge in [0.15, 0.2) is 0 Å². The van der Waals surface area contributed by atoms with E-state index < -0.39 is 5.24 Å². The van der Waals surface area contributed by atoms with Crippen LogP contribution in [0.2, 0.25) is 0 Å². The fraction of sp³-hybridized carbons (Fsp3) is 0.875. The summed E-state index contributed by atoms with van der Waals surface area (Å²) in [6, 6.07) is 0. The summed E-state index contributed by atoms with van der Waals surface area (Å²) in [5, 5.41) is 8.40. The van der Waals surface area contributed by atoms with Crippen molar-refractivity contribution >= 4 is 46.0 Å². The van der Waals surface area contributed by atoms with Crippen molar-refractivity contribution in [2.45, 2.75) is 76.4 Å². The van der Waals surface area contributed by atoms with Crippen molar-refractivity contribution in [1.82, 2.24) is 0 Å². The molecule has 0 saturated heterocycles. The van der Waals surface area contributed by atoms with Crippen molar-refractivity contribution in [2.75, 3.05) is 11.8 Å². The second-order valence-corrected chi connectivity index (χ2v) is 6.62. The summed E-state index contributed by atoms with van der Waals surface area (Å²) in [5.74, 6) is -0.392. The van der Waals surface area contributed by atoms with E-state index >= 15 is 0 Å². The van der Waals surface area contributed by atoms with E-state index in [9.17, 15) is 9.59 Å². The molecule has 136 valence electrons. The first-order chi connectivity index (χ1) is 11.0. The Balaban J connectivity index is 0.000000347. The van der Waals surface area contributed by atoms with Crippen LogP contribution in [-0.2, 0) is 14.3 Å². The van der Waals surface area contributed by atoms with Gasteiger partial charge in [-0.25, -0.2) is 0 Å². The molecule has 2 fully saturated rings. The van der Waals surface area contributed by atoms with Gasteiger partial charge in [0.1, 0.15) is 12.0 Å². The van der Waals surface area contributed by atoms with Crippen LogP contribution in [0, 0.1) is 0 Å². The first kappa shape index (κ1) is 23.0. The Morgan fingerprint density at radius 3 is 1.61 bits per heavy atom. The summed E-state index contributed by atoms with van der Waals surface area (Å²) in [4.78, 5) is 20.2. The molecular weight excluding hydrogens is 363 g/mol. The molecule has 0 amide bonds. The Kier molecular flexibility index (Phi) is 15.5. The maximum Gasteiger partial charge on any atom is 0.321 e. The van der Waals surface area contributed by atoms with Gasteiger partial charge in [-0.2, -0.15) is 0 Å². The molecule has 0 aromatic carbocycles. The van der Waals surface area contributed by atoms with Gasteiger partial charge in [0, 0.05) is 0 Å². The molecular formula is C16H27Cl3O4. The lowest BCUT2D eigenvalue weighted by Crippen LogP contribution is -2.21. The minimum absolute atomic E-state index is 0.0174. The number of halogens is 3. The smallest absolute Gasteiger partial charge is 0.321 e. The molecule has 2 saturated carbocycles. The Morgan fingerprint density at radius 1 is 0.870 bits per heavy atom. The Hall–Kier alpha value is -0.0300. The van der Waals surface area contributed by atoms with E-state index in [2.05, 4.69) is 0 Å². The molecule has 7 heteroatoms. The van der Waals surface area contributed by atoms with Crippen LogP contribution in [0.25, 0.3) is 0 Å². The highest BCUT2D eigenvalue weighted by molar-refractivity contribution is 6.67. The predicted molar refractivity (Wildman–Crippen MR) is 94.4 cm³/mol. The molecule has 2 rings (SSSR count). The fourth-order valence-electron chi connectivity index (χ4n) is 2.48. The van der Waals surface area contributed by atoms with Crippen LogP contribution >= 0.6 is 34.8 Å². The standard InChI is InChI=1S/C8H13ClO2.C6H12O.C2H2Cl2O/c9-6-8(10)11-7-4-2-1-3-5-7;7-6-4-2-1-3-5-6;3-1-2(4)5/h7H,1-6H2;6-7H,1-5H2;1H2. The number of aliphatic hydroxyl groups is 1. The monoisotopic (exact) mass is 388 g/mol. The number of rotatable bonds is 3. The summed E-state index contributed by atoms with van der Waals surface area (Å²) in [7, 11) is 0. The van der Waals surface area contributed by atoms with Gasteiger partial charge in [-0.1, -0.05) is 25.7 Å². The minimum Gasteiger partial charge on any atom is -0.461 e. The van der Waals surface area contributed by atoms with Gasteiger partial charge >= 0.3 is 5.97 Å². The van der Waals surface area contributed by atoms with Crippen LogP contribution < -0.4 is 0 Å². The van der Waals surface area contributed by atoms with E-state index in [1.807, 2.05) is 0 Å². The highest BCUT2D eigenvalue weighted by Gasteiger charge is 2.16. The van der Waals surface area contributed by atoms with Crippen LogP contribution in [0.3, 0.4) is 0 Å². The van der Waals surface area contributed by atoms with Crippen molar-refractivity contribution in [2.24, 2.45) is 0 Å². The molecule has 0 aliphatic heterocycles. The quantitative estimate of drug-likeness (QED) is 0.441. The molecule has 0 aromatic rings. The number of alkyl halides is 2. The van der Waals surface area contributed by atoms with Crippen molar-refractivity contribution in [3.8, 4) is 0 Å². The molecule has 0 unspecified atom stereocenters. The van der Waals surface area contributed by atoms with E-state index in [4.69, 9.17) is 44.6 Å². The van der Waals surface area contributed by atoms with Crippen molar-refractivity contribution < 1.29 is 19.4 Å². The fourth-order valence-corrected chi connectivity index (χ4v) is 2.54. The number of hydrogen-bond acceptors (Lipinski definition) is 4. The van der Waals surface area contributed by atoms with Crippen molar-refractivity contribution in [3.05, 3.63) is 0 Å². The largest absolute Gasteiger partial charge is 0.461 e. The van der Waals surface area contributed by atoms with E-state index in [1.165, 1.54) is 38.5 Å². The zero-order valence-electron chi connectivity index (χ0n) is 13.4. The number of ether oxygens (including phenoxy) is 1. The zero-order chi connectivity index (χ0) is 17.5. The van der Waals surface area contributed by atoms with Crippen molar-refractivity contribution in [1.29, 1.82) is 0 Å². The normalized spacial score (nSPS) is 18.8. The molecule has 0 bridgehead atoms. The average molecular weight is 390 g/mol. The van der Waals surface area contributed by atoms with Gasteiger partial charge < -0.3 is 9.84 Å². The van der Waals surface area contributed by atoms with Gasteiger partial charge in [0.25, 0.3) is 0 Å². The molecule has 1 N–H and O–H groups in total. The van der Waals surface area contributed by atoms with Gasteiger partial charge in [0.05, 0.1) is 12.0 Å². The van der Waals surface area contributed by atoms with Crippen LogP contribution in [0.5, 0.6) is 0 Å². The van der Waals surface area contributed by atoms with Gasteiger partial charge in [-0.05, 0) is 50.1 Å². The third-order valence-corrected chi connectivity index (χ3v) is 4.37. The van der Waals surface area contributed by atoms with E-state index in [0.717, 1.165) is 25.7 Å². The molecule has 0 radical (unpaired) electrons. The molecule has 2 aliphatic rings. The maximum atomic E-state index is 10.7. The third-order valence-electron chi connectivity index (χ3n) is 3.64. The number of hydrogen-bond donors (Lipinski definition) is 1. The first-order valence-corrected chi connectivity index (χ1v) is 9.62. The van der Waals surface area contributed by atoms with Gasteiger partial charge in [0.2, 0.25) is 5.24 Å². The second kappa shape index (κ2) is 15.5. The summed E-state index contributed by atoms with van der Waals surface area (Å²) in [6.07, 6.45) is 11.7. The molecule has 0 heterocycles. The third kappa shape index (κ3) is 15.2. The van der Waals surface area contributed by atoms with Crippen LogP contribution in [-0.4, -0.2) is 40.3 Å². The predicted octanol–water partition coefficient (Wildman–Crippen LogP) is 4.40. The lowest BCUT2D eigenvalue weighted by atomic mass is 9.98. The highest BCUT2D eigenvalue weighted by atomic mass is 35.5. The summed E-state index contributed by atoms with van der Waals surface area (Å²) in [5.41, 5.74) is 0. The Morgan fingerprint density at radius 2 is 1.30 bits per heavy atom. The minimum atomic E-state index is -0.508. The number of carbonyl (C=O) groups excluding carboxylic acids is 2.